The van der Waals surface area contributed by atoms with Gasteiger partial charge in [0.25, 0.3) is 0 Å². The summed E-state index contributed by atoms with van der Waals surface area (Å²) in [6.45, 7) is 4.17. The first-order valence-electron chi connectivity index (χ1n) is 3.84. The van der Waals surface area contributed by atoms with Crippen LogP contribution in [0, 0.1) is 6.92 Å². The summed E-state index contributed by atoms with van der Waals surface area (Å²) in [7, 11) is 0. The molecule has 0 bridgehead atoms. The number of benzene rings is 1. The molecule has 1 aromatic rings. The molecule has 0 fully saturated rings. The van der Waals surface area contributed by atoms with Gasteiger partial charge in [0.2, 0.25) is 0 Å². The first kappa shape index (κ1) is 8.41. The first-order chi connectivity index (χ1) is 5.24. The highest BCUT2D eigenvalue weighted by Crippen LogP contribution is 2.07. The van der Waals surface area contributed by atoms with Crippen LogP contribution in [0.3, 0.4) is 0 Å². The Labute approximate surface area is 73.2 Å². The average molecular weight is 164 g/mol. The fourth-order valence-corrected chi connectivity index (χ4v) is 1.15. The molecular weight excluding hydrogens is 152 g/mol. The zero-order valence-electron chi connectivity index (χ0n) is 6.92. The van der Waals surface area contributed by atoms with E-state index in [0.29, 0.717) is 0 Å². The Bertz CT molecular complexity index is 263. The number of thiocarbonyl (C=S) groups is 1. The van der Waals surface area contributed by atoms with E-state index >= 15 is 0 Å². The van der Waals surface area contributed by atoms with Crippen LogP contribution in [-0.4, -0.2) is 4.86 Å². The molecule has 0 aliphatic carbocycles. The van der Waals surface area contributed by atoms with Crippen LogP contribution in [0.15, 0.2) is 24.3 Å². The third kappa shape index (κ3) is 2.12. The Balaban J connectivity index is 2.96. The molecule has 0 saturated carbocycles. The third-order valence-corrected chi connectivity index (χ3v) is 2.19. The molecule has 1 rings (SSSR count). The predicted octanol–water partition coefficient (Wildman–Crippen LogP) is 3.12. The van der Waals surface area contributed by atoms with Crippen molar-refractivity contribution in [2.45, 2.75) is 20.3 Å². The molecule has 0 spiro atoms. The third-order valence-electron chi connectivity index (χ3n) is 1.66. The highest BCUT2D eigenvalue weighted by Gasteiger charge is 1.96. The fraction of sp³-hybridized carbons (Fsp3) is 0.300. The summed E-state index contributed by atoms with van der Waals surface area (Å²) in [5.41, 5.74) is 2.47. The number of hydrogen-bond donors (Lipinski definition) is 0. The summed E-state index contributed by atoms with van der Waals surface area (Å²) < 4.78 is 0. The van der Waals surface area contributed by atoms with E-state index in [0.717, 1.165) is 11.3 Å². The van der Waals surface area contributed by atoms with Crippen molar-refractivity contribution in [2.75, 3.05) is 0 Å². The van der Waals surface area contributed by atoms with Gasteiger partial charge in [0.05, 0.1) is 0 Å². The minimum atomic E-state index is 0.957. The van der Waals surface area contributed by atoms with E-state index in [-0.39, 0.29) is 0 Å². The molecule has 1 heteroatoms. The lowest BCUT2D eigenvalue weighted by Gasteiger charge is -2.00. The van der Waals surface area contributed by atoms with Crippen LogP contribution in [-0.2, 0) is 0 Å². The Morgan fingerprint density at radius 1 is 1.45 bits per heavy atom. The molecule has 0 N–H and O–H groups in total. The largest absolute Gasteiger partial charge is 0.0843 e. The Morgan fingerprint density at radius 2 is 2.18 bits per heavy atom. The van der Waals surface area contributed by atoms with Crippen molar-refractivity contribution in [2.24, 2.45) is 0 Å². The van der Waals surface area contributed by atoms with E-state index in [4.69, 9.17) is 12.2 Å². The van der Waals surface area contributed by atoms with Crippen LogP contribution in [0.1, 0.15) is 24.5 Å². The molecule has 0 radical (unpaired) electrons. The second-order valence-electron chi connectivity index (χ2n) is 2.65. The quantitative estimate of drug-likeness (QED) is 0.478. The summed E-state index contributed by atoms with van der Waals surface area (Å²) in [5, 5.41) is 0. The highest BCUT2D eigenvalue weighted by molar-refractivity contribution is 7.80. The SMILES string of the molecule is CCC(=S)c1cccc(C)c1. The van der Waals surface area contributed by atoms with Gasteiger partial charge >= 0.3 is 0 Å². The fourth-order valence-electron chi connectivity index (χ4n) is 1.02. The van der Waals surface area contributed by atoms with Crippen molar-refractivity contribution >= 4 is 17.1 Å². The molecule has 58 valence electrons. The minimum Gasteiger partial charge on any atom is -0.0843 e. The predicted molar refractivity (Wildman–Crippen MR) is 53.2 cm³/mol. The maximum atomic E-state index is 5.18. The lowest BCUT2D eigenvalue weighted by atomic mass is 10.1. The topological polar surface area (TPSA) is 0 Å². The second kappa shape index (κ2) is 3.63. The molecule has 1 aromatic carbocycles. The normalized spacial score (nSPS) is 9.64. The van der Waals surface area contributed by atoms with Crippen LogP contribution < -0.4 is 0 Å². The van der Waals surface area contributed by atoms with Gasteiger partial charge in [-0.2, -0.15) is 0 Å². The molecule has 0 heterocycles. The second-order valence-corrected chi connectivity index (χ2v) is 3.14. The van der Waals surface area contributed by atoms with E-state index in [1.165, 1.54) is 11.1 Å². The van der Waals surface area contributed by atoms with Gasteiger partial charge in [-0.05, 0) is 18.9 Å². The Morgan fingerprint density at radius 3 is 2.73 bits per heavy atom. The van der Waals surface area contributed by atoms with Gasteiger partial charge in [-0.1, -0.05) is 49.0 Å². The van der Waals surface area contributed by atoms with Crippen molar-refractivity contribution in [3.8, 4) is 0 Å². The zero-order valence-corrected chi connectivity index (χ0v) is 7.74. The van der Waals surface area contributed by atoms with Crippen molar-refractivity contribution in [1.29, 1.82) is 0 Å². The van der Waals surface area contributed by atoms with Crippen molar-refractivity contribution in [3.05, 3.63) is 35.4 Å². The molecule has 0 aliphatic heterocycles. The molecule has 0 amide bonds. The van der Waals surface area contributed by atoms with Crippen molar-refractivity contribution < 1.29 is 0 Å². The molecule has 0 atom stereocenters. The summed E-state index contributed by atoms with van der Waals surface area (Å²) in [4.78, 5) is 1.05. The number of rotatable bonds is 2. The monoisotopic (exact) mass is 164 g/mol. The summed E-state index contributed by atoms with van der Waals surface area (Å²) in [6.07, 6.45) is 0.957. The van der Waals surface area contributed by atoms with Crippen LogP contribution in [0.25, 0.3) is 0 Å². The van der Waals surface area contributed by atoms with Gasteiger partial charge in [0.1, 0.15) is 0 Å². The lowest BCUT2D eigenvalue weighted by molar-refractivity contribution is 1.31. The molecular formula is C10H12S. The van der Waals surface area contributed by atoms with Crippen LogP contribution in [0.4, 0.5) is 0 Å². The molecule has 0 aliphatic rings. The maximum absolute atomic E-state index is 5.18. The first-order valence-corrected chi connectivity index (χ1v) is 4.24. The molecule has 11 heavy (non-hydrogen) atoms. The number of hydrogen-bond acceptors (Lipinski definition) is 1. The van der Waals surface area contributed by atoms with E-state index in [9.17, 15) is 0 Å². The van der Waals surface area contributed by atoms with Crippen LogP contribution >= 0.6 is 12.2 Å². The zero-order chi connectivity index (χ0) is 8.27. The lowest BCUT2D eigenvalue weighted by Crippen LogP contribution is -1.93. The summed E-state index contributed by atoms with van der Waals surface area (Å²) in [6, 6.07) is 8.33. The van der Waals surface area contributed by atoms with Crippen molar-refractivity contribution in [1.82, 2.24) is 0 Å². The molecule has 0 saturated heterocycles. The van der Waals surface area contributed by atoms with E-state index in [2.05, 4.69) is 32.0 Å². The Kier molecular flexibility index (Phi) is 2.77. The van der Waals surface area contributed by atoms with Crippen LogP contribution in [0.5, 0.6) is 0 Å². The van der Waals surface area contributed by atoms with Crippen molar-refractivity contribution in [3.63, 3.8) is 0 Å². The maximum Gasteiger partial charge on any atom is 0.0221 e. The molecule has 0 aromatic heterocycles. The standard InChI is InChI=1S/C10H12S/c1-3-10(11)9-6-4-5-8(2)7-9/h4-7H,3H2,1-2H3. The minimum absolute atomic E-state index is 0.957. The average Bonchev–Trinajstić information content (AvgIpc) is 2.03. The van der Waals surface area contributed by atoms with Crippen LogP contribution in [0.2, 0.25) is 0 Å². The van der Waals surface area contributed by atoms with Gasteiger partial charge in [-0.25, -0.2) is 0 Å². The smallest absolute Gasteiger partial charge is 0.0221 e. The molecule has 0 unspecified atom stereocenters. The Hall–Kier alpha value is -0.690. The van der Waals surface area contributed by atoms with E-state index in [1.807, 2.05) is 6.07 Å². The molecule has 0 nitrogen and oxygen atoms in total. The highest BCUT2D eigenvalue weighted by atomic mass is 32.1. The summed E-state index contributed by atoms with van der Waals surface area (Å²) >= 11 is 5.18. The number of aryl methyl sites for hydroxylation is 1. The van der Waals surface area contributed by atoms with Gasteiger partial charge in [-0.15, -0.1) is 0 Å². The van der Waals surface area contributed by atoms with Gasteiger partial charge in [0, 0.05) is 4.86 Å². The van der Waals surface area contributed by atoms with E-state index in [1.54, 1.807) is 0 Å². The van der Waals surface area contributed by atoms with Gasteiger partial charge in [0.15, 0.2) is 0 Å². The van der Waals surface area contributed by atoms with Gasteiger partial charge in [-0.3, -0.25) is 0 Å². The summed E-state index contributed by atoms with van der Waals surface area (Å²) in [5.74, 6) is 0. The van der Waals surface area contributed by atoms with Gasteiger partial charge < -0.3 is 0 Å². The van der Waals surface area contributed by atoms with E-state index < -0.39 is 0 Å².